The van der Waals surface area contributed by atoms with E-state index in [1.165, 1.54) is 0 Å². The summed E-state index contributed by atoms with van der Waals surface area (Å²) in [5, 5.41) is 16.6. The second-order valence-corrected chi connectivity index (χ2v) is 3.83. The summed E-state index contributed by atoms with van der Waals surface area (Å²) in [7, 11) is 1.59. The fraction of sp³-hybridized carbons (Fsp3) is 0.333. The van der Waals surface area contributed by atoms with Crippen LogP contribution in [0, 0.1) is 6.92 Å². The van der Waals surface area contributed by atoms with E-state index >= 15 is 0 Å². The molecule has 0 amide bonds. The van der Waals surface area contributed by atoms with Crippen molar-refractivity contribution in [2.24, 2.45) is 0 Å². The molecule has 1 aromatic heterocycles. The van der Waals surface area contributed by atoms with Crippen molar-refractivity contribution >= 4 is 0 Å². The van der Waals surface area contributed by atoms with Crippen molar-refractivity contribution in [3.05, 3.63) is 35.5 Å². The number of nitrogens with one attached hydrogen (secondary N) is 1. The number of aromatic nitrogens is 2. The SMILES string of the molecule is COc1ccc(O)c(CNCc2noc(C)n2)c1. The molecule has 0 aliphatic heterocycles. The standard InChI is InChI=1S/C12H15N3O3/c1-8-14-12(15-18-8)7-13-6-9-5-10(17-2)3-4-11(9)16/h3-5,13,16H,6-7H2,1-2H3. The largest absolute Gasteiger partial charge is 0.508 e. The highest BCUT2D eigenvalue weighted by Gasteiger charge is 2.05. The lowest BCUT2D eigenvalue weighted by Crippen LogP contribution is -2.13. The number of nitrogens with zero attached hydrogens (tertiary/aromatic N) is 2. The van der Waals surface area contributed by atoms with E-state index in [1.54, 1.807) is 32.2 Å². The summed E-state index contributed by atoms with van der Waals surface area (Å²) in [5.41, 5.74) is 0.759. The molecule has 1 aromatic carbocycles. The molecule has 0 radical (unpaired) electrons. The molecule has 2 aromatic rings. The minimum atomic E-state index is 0.229. The summed E-state index contributed by atoms with van der Waals surface area (Å²) in [4.78, 5) is 4.07. The molecule has 0 fully saturated rings. The Balaban J connectivity index is 1.93. The van der Waals surface area contributed by atoms with Gasteiger partial charge in [0.15, 0.2) is 5.82 Å². The zero-order valence-corrected chi connectivity index (χ0v) is 10.3. The Kier molecular flexibility index (Phi) is 3.78. The first kappa shape index (κ1) is 12.4. The van der Waals surface area contributed by atoms with Crippen molar-refractivity contribution in [2.45, 2.75) is 20.0 Å². The number of phenolic OH excluding ortho intramolecular Hbond substituents is 1. The van der Waals surface area contributed by atoms with E-state index in [-0.39, 0.29) is 5.75 Å². The number of hydrogen-bond acceptors (Lipinski definition) is 6. The molecule has 0 spiro atoms. The highest BCUT2D eigenvalue weighted by molar-refractivity contribution is 5.39. The Hall–Kier alpha value is -2.08. The van der Waals surface area contributed by atoms with Gasteiger partial charge in [-0.15, -0.1) is 0 Å². The lowest BCUT2D eigenvalue weighted by atomic mass is 10.2. The Morgan fingerprint density at radius 1 is 1.39 bits per heavy atom. The van der Waals surface area contributed by atoms with Crippen LogP contribution >= 0.6 is 0 Å². The van der Waals surface area contributed by atoms with Crippen LogP contribution in [0.2, 0.25) is 0 Å². The molecule has 0 saturated heterocycles. The Labute approximate surface area is 105 Å². The highest BCUT2D eigenvalue weighted by atomic mass is 16.5. The third kappa shape index (κ3) is 2.98. The maximum absolute atomic E-state index is 9.69. The summed E-state index contributed by atoms with van der Waals surface area (Å²) in [5.74, 6) is 2.07. The van der Waals surface area contributed by atoms with Crippen molar-refractivity contribution in [1.29, 1.82) is 0 Å². The van der Waals surface area contributed by atoms with E-state index in [0.29, 0.717) is 30.6 Å². The van der Waals surface area contributed by atoms with Crippen LogP contribution in [0.1, 0.15) is 17.3 Å². The van der Waals surface area contributed by atoms with Gasteiger partial charge >= 0.3 is 0 Å². The molecule has 0 saturated carbocycles. The highest BCUT2D eigenvalue weighted by Crippen LogP contribution is 2.22. The smallest absolute Gasteiger partial charge is 0.223 e. The fourth-order valence-corrected chi connectivity index (χ4v) is 1.55. The Morgan fingerprint density at radius 2 is 2.22 bits per heavy atom. The average molecular weight is 249 g/mol. The van der Waals surface area contributed by atoms with Crippen LogP contribution in [-0.4, -0.2) is 22.4 Å². The van der Waals surface area contributed by atoms with E-state index < -0.39 is 0 Å². The summed E-state index contributed by atoms with van der Waals surface area (Å²) in [6, 6.07) is 5.10. The van der Waals surface area contributed by atoms with Crippen LogP contribution in [0.3, 0.4) is 0 Å². The van der Waals surface area contributed by atoms with Crippen LogP contribution in [-0.2, 0) is 13.1 Å². The predicted molar refractivity (Wildman–Crippen MR) is 64.2 cm³/mol. The molecule has 0 unspecified atom stereocenters. The molecule has 2 rings (SSSR count). The lowest BCUT2D eigenvalue weighted by molar-refractivity contribution is 0.385. The van der Waals surface area contributed by atoms with E-state index in [0.717, 1.165) is 5.56 Å². The van der Waals surface area contributed by atoms with Gasteiger partial charge in [-0.3, -0.25) is 0 Å². The predicted octanol–water partition coefficient (Wildman–Crippen LogP) is 1.38. The zero-order valence-electron chi connectivity index (χ0n) is 10.3. The van der Waals surface area contributed by atoms with Gasteiger partial charge in [-0.05, 0) is 18.2 Å². The molecule has 6 heteroatoms. The maximum Gasteiger partial charge on any atom is 0.223 e. The molecule has 6 nitrogen and oxygen atoms in total. The van der Waals surface area contributed by atoms with E-state index in [9.17, 15) is 5.11 Å². The molecule has 18 heavy (non-hydrogen) atoms. The van der Waals surface area contributed by atoms with Crippen LogP contribution < -0.4 is 10.1 Å². The number of aromatic hydroxyl groups is 1. The first-order valence-electron chi connectivity index (χ1n) is 5.55. The molecular weight excluding hydrogens is 234 g/mol. The minimum Gasteiger partial charge on any atom is -0.508 e. The summed E-state index contributed by atoms with van der Waals surface area (Å²) < 4.78 is 9.96. The van der Waals surface area contributed by atoms with Gasteiger partial charge in [-0.1, -0.05) is 5.16 Å². The molecule has 0 bridgehead atoms. The van der Waals surface area contributed by atoms with Crippen molar-refractivity contribution in [1.82, 2.24) is 15.5 Å². The van der Waals surface area contributed by atoms with Crippen LogP contribution in [0.15, 0.2) is 22.7 Å². The molecular formula is C12H15N3O3. The number of hydrogen-bond donors (Lipinski definition) is 2. The van der Waals surface area contributed by atoms with Gasteiger partial charge in [0.05, 0.1) is 13.7 Å². The minimum absolute atomic E-state index is 0.229. The number of ether oxygens (including phenoxy) is 1. The quantitative estimate of drug-likeness (QED) is 0.833. The third-order valence-electron chi connectivity index (χ3n) is 2.45. The first-order chi connectivity index (χ1) is 8.69. The molecule has 96 valence electrons. The van der Waals surface area contributed by atoms with Gasteiger partial charge < -0.3 is 19.7 Å². The fourth-order valence-electron chi connectivity index (χ4n) is 1.55. The number of methoxy groups -OCH3 is 1. The number of phenols is 1. The van der Waals surface area contributed by atoms with Crippen molar-refractivity contribution in [3.63, 3.8) is 0 Å². The molecule has 0 atom stereocenters. The van der Waals surface area contributed by atoms with Crippen LogP contribution in [0.5, 0.6) is 11.5 Å². The van der Waals surface area contributed by atoms with Crippen molar-refractivity contribution in [2.75, 3.05) is 7.11 Å². The van der Waals surface area contributed by atoms with Gasteiger partial charge in [-0.25, -0.2) is 0 Å². The van der Waals surface area contributed by atoms with E-state index in [4.69, 9.17) is 9.26 Å². The second kappa shape index (κ2) is 5.50. The van der Waals surface area contributed by atoms with Crippen molar-refractivity contribution in [3.8, 4) is 11.5 Å². The number of benzene rings is 1. The zero-order chi connectivity index (χ0) is 13.0. The summed E-state index contributed by atoms with van der Waals surface area (Å²) in [6.45, 7) is 2.72. The first-order valence-corrected chi connectivity index (χ1v) is 5.55. The molecule has 2 N–H and O–H groups in total. The summed E-state index contributed by atoms with van der Waals surface area (Å²) >= 11 is 0. The van der Waals surface area contributed by atoms with Crippen LogP contribution in [0.4, 0.5) is 0 Å². The van der Waals surface area contributed by atoms with E-state index in [2.05, 4.69) is 15.5 Å². The second-order valence-electron chi connectivity index (χ2n) is 3.83. The topological polar surface area (TPSA) is 80.4 Å². The molecule has 0 aliphatic carbocycles. The maximum atomic E-state index is 9.69. The van der Waals surface area contributed by atoms with Gasteiger partial charge in [0, 0.05) is 19.0 Å². The van der Waals surface area contributed by atoms with E-state index in [1.807, 2.05) is 0 Å². The van der Waals surface area contributed by atoms with Crippen LogP contribution in [0.25, 0.3) is 0 Å². The third-order valence-corrected chi connectivity index (χ3v) is 2.45. The number of aryl methyl sites for hydroxylation is 1. The Bertz CT molecular complexity index is 525. The monoisotopic (exact) mass is 249 g/mol. The lowest BCUT2D eigenvalue weighted by Gasteiger charge is -2.07. The number of rotatable bonds is 5. The van der Waals surface area contributed by atoms with Gasteiger partial charge in [-0.2, -0.15) is 4.98 Å². The van der Waals surface area contributed by atoms with Crippen molar-refractivity contribution < 1.29 is 14.4 Å². The average Bonchev–Trinajstić information content (AvgIpc) is 2.77. The van der Waals surface area contributed by atoms with Gasteiger partial charge in [0.2, 0.25) is 5.89 Å². The molecule has 1 heterocycles. The molecule has 0 aliphatic rings. The Morgan fingerprint density at radius 3 is 2.89 bits per heavy atom. The normalized spacial score (nSPS) is 10.6. The van der Waals surface area contributed by atoms with Gasteiger partial charge in [0.1, 0.15) is 11.5 Å². The van der Waals surface area contributed by atoms with Gasteiger partial charge in [0.25, 0.3) is 0 Å². The summed E-state index contributed by atoms with van der Waals surface area (Å²) in [6.07, 6.45) is 0.